The van der Waals surface area contributed by atoms with E-state index in [1.54, 1.807) is 0 Å². The summed E-state index contributed by atoms with van der Waals surface area (Å²) in [5.74, 6) is -1.23. The van der Waals surface area contributed by atoms with Gasteiger partial charge in [0.1, 0.15) is 6.54 Å². The molecule has 1 heterocycles. The maximum atomic E-state index is 11.9. The molecule has 0 fully saturated rings. The van der Waals surface area contributed by atoms with Crippen molar-refractivity contribution >= 4 is 16.0 Å². The Bertz CT molecular complexity index is 465. The summed E-state index contributed by atoms with van der Waals surface area (Å²) in [4.78, 5) is 16.5. The van der Waals surface area contributed by atoms with E-state index in [0.29, 0.717) is 0 Å². The van der Waals surface area contributed by atoms with Crippen molar-refractivity contribution in [3.05, 3.63) is 25.2 Å². The van der Waals surface area contributed by atoms with Crippen LogP contribution in [0.2, 0.25) is 0 Å². The van der Waals surface area contributed by atoms with Gasteiger partial charge in [0.2, 0.25) is 0 Å². The number of rotatable bonds is 6. The van der Waals surface area contributed by atoms with E-state index in [-0.39, 0.29) is 11.6 Å². The van der Waals surface area contributed by atoms with E-state index < -0.39 is 22.5 Å². The van der Waals surface area contributed by atoms with Gasteiger partial charge in [-0.15, -0.1) is 6.58 Å². The predicted molar refractivity (Wildman–Crippen MR) is 55.2 cm³/mol. The first-order valence-electron chi connectivity index (χ1n) is 4.29. The largest absolute Gasteiger partial charge is 0.480 e. The molecule has 0 aliphatic rings. The van der Waals surface area contributed by atoms with E-state index in [0.717, 1.165) is 10.5 Å². The van der Waals surface area contributed by atoms with Gasteiger partial charge in [0.15, 0.2) is 5.03 Å². The molecule has 7 nitrogen and oxygen atoms in total. The van der Waals surface area contributed by atoms with Gasteiger partial charge in [-0.05, 0) is 0 Å². The lowest BCUT2D eigenvalue weighted by Crippen LogP contribution is -2.35. The molecule has 0 unspecified atom stereocenters. The number of hydrogen-bond acceptors (Lipinski definition) is 4. The Kier molecular flexibility index (Phi) is 3.80. The van der Waals surface area contributed by atoms with Gasteiger partial charge in [0.05, 0.1) is 12.5 Å². The fraction of sp³-hybridized carbons (Fsp3) is 0.250. The molecule has 1 aromatic heterocycles. The van der Waals surface area contributed by atoms with Gasteiger partial charge < -0.3 is 10.1 Å². The third-order valence-corrected chi connectivity index (χ3v) is 3.47. The molecule has 1 rings (SSSR count). The SMILES string of the molecule is C=CCN(CC(=O)O)S(=O)(=O)c1cnc[nH]1. The summed E-state index contributed by atoms with van der Waals surface area (Å²) in [5, 5.41) is 8.46. The monoisotopic (exact) mass is 245 g/mol. The van der Waals surface area contributed by atoms with Crippen LogP contribution in [0, 0.1) is 0 Å². The first kappa shape index (κ1) is 12.4. The van der Waals surface area contributed by atoms with Crippen LogP contribution in [0.5, 0.6) is 0 Å². The second-order valence-electron chi connectivity index (χ2n) is 2.90. The van der Waals surface area contributed by atoms with Crippen LogP contribution >= 0.6 is 0 Å². The number of nitrogens with one attached hydrogen (secondary N) is 1. The number of hydrogen-bond donors (Lipinski definition) is 2. The summed E-state index contributed by atoms with van der Waals surface area (Å²) in [6, 6.07) is 0. The highest BCUT2D eigenvalue weighted by Gasteiger charge is 2.26. The normalized spacial score (nSPS) is 11.6. The first-order chi connectivity index (χ1) is 7.48. The zero-order valence-electron chi connectivity index (χ0n) is 8.33. The second-order valence-corrected chi connectivity index (χ2v) is 4.80. The lowest BCUT2D eigenvalue weighted by Gasteiger charge is -2.16. The van der Waals surface area contributed by atoms with Crippen molar-refractivity contribution in [3.63, 3.8) is 0 Å². The Morgan fingerprint density at radius 1 is 1.69 bits per heavy atom. The van der Waals surface area contributed by atoms with Crippen molar-refractivity contribution in [1.82, 2.24) is 14.3 Å². The average molecular weight is 245 g/mol. The molecule has 0 aromatic carbocycles. The van der Waals surface area contributed by atoms with Crippen LogP contribution < -0.4 is 0 Å². The molecular weight excluding hydrogens is 234 g/mol. The third kappa shape index (κ3) is 2.67. The summed E-state index contributed by atoms with van der Waals surface area (Å²) < 4.78 is 24.5. The number of sulfonamides is 1. The van der Waals surface area contributed by atoms with Gasteiger partial charge in [-0.25, -0.2) is 13.4 Å². The van der Waals surface area contributed by atoms with E-state index in [1.807, 2.05) is 0 Å². The fourth-order valence-electron chi connectivity index (χ4n) is 1.07. The number of aromatic nitrogens is 2. The van der Waals surface area contributed by atoms with Crippen molar-refractivity contribution in [1.29, 1.82) is 0 Å². The molecule has 16 heavy (non-hydrogen) atoms. The molecule has 0 saturated carbocycles. The van der Waals surface area contributed by atoms with E-state index in [9.17, 15) is 13.2 Å². The van der Waals surface area contributed by atoms with Gasteiger partial charge >= 0.3 is 5.97 Å². The summed E-state index contributed by atoms with van der Waals surface area (Å²) in [6.45, 7) is 2.68. The molecular formula is C8H11N3O4S. The van der Waals surface area contributed by atoms with Crippen molar-refractivity contribution in [2.24, 2.45) is 0 Å². The predicted octanol–water partition coefficient (Wildman–Crippen LogP) is -0.329. The highest BCUT2D eigenvalue weighted by Crippen LogP contribution is 2.11. The number of carboxylic acid groups (broad SMARTS) is 1. The summed E-state index contributed by atoms with van der Waals surface area (Å²) in [7, 11) is -3.85. The molecule has 0 spiro atoms. The standard InChI is InChI=1S/C8H11N3O4S/c1-2-3-11(5-8(12)13)16(14,15)7-4-9-6-10-7/h2,4,6H,1,3,5H2,(H,9,10)(H,12,13). The molecule has 8 heteroatoms. The van der Waals surface area contributed by atoms with Crippen LogP contribution in [0.15, 0.2) is 30.2 Å². The molecule has 2 N–H and O–H groups in total. The number of aromatic amines is 1. The van der Waals surface area contributed by atoms with Crippen molar-refractivity contribution in [2.45, 2.75) is 5.03 Å². The molecule has 1 aromatic rings. The number of nitrogens with zero attached hydrogens (tertiary/aromatic N) is 2. The molecule has 0 radical (unpaired) electrons. The third-order valence-electron chi connectivity index (χ3n) is 1.74. The molecule has 0 bridgehead atoms. The fourth-order valence-corrected chi connectivity index (χ4v) is 2.32. The molecule has 88 valence electrons. The lowest BCUT2D eigenvalue weighted by molar-refractivity contribution is -0.137. The Morgan fingerprint density at radius 2 is 2.38 bits per heavy atom. The maximum Gasteiger partial charge on any atom is 0.318 e. The van der Waals surface area contributed by atoms with Gasteiger partial charge in [0, 0.05) is 6.54 Å². The number of carboxylic acids is 1. The molecule has 0 aliphatic heterocycles. The van der Waals surface area contributed by atoms with Crippen molar-refractivity contribution in [2.75, 3.05) is 13.1 Å². The Morgan fingerprint density at radius 3 is 2.81 bits per heavy atom. The van der Waals surface area contributed by atoms with Gasteiger partial charge in [-0.2, -0.15) is 4.31 Å². The first-order valence-corrected chi connectivity index (χ1v) is 5.73. The smallest absolute Gasteiger partial charge is 0.318 e. The molecule has 0 saturated heterocycles. The van der Waals surface area contributed by atoms with Crippen molar-refractivity contribution < 1.29 is 18.3 Å². The zero-order chi connectivity index (χ0) is 12.2. The van der Waals surface area contributed by atoms with E-state index in [4.69, 9.17) is 5.11 Å². The van der Waals surface area contributed by atoms with Gasteiger partial charge in [-0.1, -0.05) is 6.08 Å². The minimum absolute atomic E-state index is 0.0757. The summed E-state index contributed by atoms with van der Waals surface area (Å²) in [6.07, 6.45) is 3.64. The maximum absolute atomic E-state index is 11.9. The zero-order valence-corrected chi connectivity index (χ0v) is 9.14. The van der Waals surface area contributed by atoms with Gasteiger partial charge in [0.25, 0.3) is 10.0 Å². The summed E-state index contributed by atoms with van der Waals surface area (Å²) >= 11 is 0. The topological polar surface area (TPSA) is 103 Å². The van der Waals surface area contributed by atoms with E-state index >= 15 is 0 Å². The lowest BCUT2D eigenvalue weighted by atomic mass is 10.6. The second kappa shape index (κ2) is 4.90. The Balaban J connectivity index is 3.02. The minimum Gasteiger partial charge on any atom is -0.480 e. The minimum atomic E-state index is -3.85. The van der Waals surface area contributed by atoms with E-state index in [1.165, 1.54) is 12.4 Å². The molecule has 0 atom stereocenters. The van der Waals surface area contributed by atoms with Crippen molar-refractivity contribution in [3.8, 4) is 0 Å². The Labute approximate surface area is 92.5 Å². The number of H-pyrrole nitrogens is 1. The number of imidazole rings is 1. The summed E-state index contributed by atoms with van der Waals surface area (Å²) in [5.41, 5.74) is 0. The van der Waals surface area contributed by atoms with Crippen LogP contribution in [0.1, 0.15) is 0 Å². The van der Waals surface area contributed by atoms with Crippen LogP contribution in [0.4, 0.5) is 0 Å². The highest BCUT2D eigenvalue weighted by molar-refractivity contribution is 7.89. The average Bonchev–Trinajstić information content (AvgIpc) is 2.69. The highest BCUT2D eigenvalue weighted by atomic mass is 32.2. The number of carbonyl (C=O) groups is 1. The van der Waals surface area contributed by atoms with Crippen LogP contribution in [0.3, 0.4) is 0 Å². The molecule has 0 aliphatic carbocycles. The van der Waals surface area contributed by atoms with Gasteiger partial charge in [-0.3, -0.25) is 4.79 Å². The van der Waals surface area contributed by atoms with Crippen LogP contribution in [0.25, 0.3) is 0 Å². The van der Waals surface area contributed by atoms with E-state index in [2.05, 4.69) is 16.5 Å². The van der Waals surface area contributed by atoms with Crippen LogP contribution in [-0.4, -0.2) is 46.9 Å². The number of aliphatic carboxylic acids is 1. The Hall–Kier alpha value is -1.67. The quantitative estimate of drug-likeness (QED) is 0.668. The molecule has 0 amide bonds. The van der Waals surface area contributed by atoms with Crippen LogP contribution in [-0.2, 0) is 14.8 Å².